The molecule has 0 radical (unpaired) electrons. The van der Waals surface area contributed by atoms with E-state index in [9.17, 15) is 0 Å². The fourth-order valence-electron chi connectivity index (χ4n) is 2.02. The van der Waals surface area contributed by atoms with Gasteiger partial charge in [-0.15, -0.1) is 0 Å². The molecule has 3 nitrogen and oxygen atoms in total. The molecule has 0 aliphatic carbocycles. The van der Waals surface area contributed by atoms with Crippen molar-refractivity contribution in [3.63, 3.8) is 0 Å². The Hall–Kier alpha value is -1.04. The molecule has 0 bridgehead atoms. The third kappa shape index (κ3) is 3.99. The van der Waals surface area contributed by atoms with Crippen molar-refractivity contribution in [1.29, 1.82) is 0 Å². The second-order valence-corrected chi connectivity index (χ2v) is 6.38. The number of halogens is 2. The summed E-state index contributed by atoms with van der Waals surface area (Å²) in [5, 5.41) is 0. The maximum atomic E-state index is 6.04. The lowest BCUT2D eigenvalue weighted by molar-refractivity contribution is 0.409. The van der Waals surface area contributed by atoms with Crippen LogP contribution in [0.25, 0.3) is 0 Å². The second kappa shape index (κ2) is 7.29. The van der Waals surface area contributed by atoms with Gasteiger partial charge in [0.05, 0.1) is 16.1 Å². The summed E-state index contributed by atoms with van der Waals surface area (Å²) >= 11 is 6.98. The minimum absolute atomic E-state index is 0.591. The average Bonchev–Trinajstić information content (AvgIpc) is 2.45. The van der Waals surface area contributed by atoms with Crippen LogP contribution in [0.5, 0.6) is 17.2 Å². The molecule has 112 valence electrons. The number of ether oxygens (including phenoxy) is 2. The van der Waals surface area contributed by atoms with Gasteiger partial charge in [0.15, 0.2) is 0 Å². The third-order valence-electron chi connectivity index (χ3n) is 3.06. The van der Waals surface area contributed by atoms with Crippen LogP contribution >= 0.6 is 31.9 Å². The van der Waals surface area contributed by atoms with E-state index in [-0.39, 0.29) is 0 Å². The zero-order valence-electron chi connectivity index (χ0n) is 12.0. The molecule has 0 unspecified atom stereocenters. The van der Waals surface area contributed by atoms with E-state index in [0.29, 0.717) is 6.54 Å². The lowest BCUT2D eigenvalue weighted by atomic mass is 10.1. The topological polar surface area (TPSA) is 44.5 Å². The van der Waals surface area contributed by atoms with Crippen molar-refractivity contribution in [2.75, 3.05) is 13.7 Å². The number of nitrogens with two attached hydrogens (primary N) is 1. The van der Waals surface area contributed by atoms with Gasteiger partial charge in [0, 0.05) is 0 Å². The Kier molecular flexibility index (Phi) is 5.67. The zero-order chi connectivity index (χ0) is 15.4. The molecule has 2 N–H and O–H groups in total. The smallest absolute Gasteiger partial charge is 0.143 e. The van der Waals surface area contributed by atoms with Crippen molar-refractivity contribution in [2.24, 2.45) is 5.73 Å². The molecule has 0 saturated carbocycles. The van der Waals surface area contributed by atoms with Gasteiger partial charge in [-0.1, -0.05) is 17.7 Å². The van der Waals surface area contributed by atoms with E-state index < -0.39 is 0 Å². The van der Waals surface area contributed by atoms with E-state index in [1.165, 1.54) is 5.56 Å². The molecule has 0 atom stereocenters. The Morgan fingerprint density at radius 1 is 1.00 bits per heavy atom. The maximum Gasteiger partial charge on any atom is 0.143 e. The molecule has 2 aromatic carbocycles. The number of rotatable bonds is 5. The molecule has 0 aromatic heterocycles. The molecule has 0 saturated heterocycles. The number of aryl methyl sites for hydroxylation is 1. The fraction of sp³-hybridized carbons (Fsp3) is 0.250. The van der Waals surface area contributed by atoms with Gasteiger partial charge in [0.1, 0.15) is 17.2 Å². The standard InChI is InChI=1S/C16H17Br2NO2/c1-10-3-4-14(11(7-10)5-6-19)21-16-9-12(17)15(20-2)8-13(16)18/h3-4,7-9H,5-6,19H2,1-2H3. The summed E-state index contributed by atoms with van der Waals surface area (Å²) in [5.41, 5.74) is 7.98. The normalized spacial score (nSPS) is 10.5. The Bertz CT molecular complexity index is 644. The van der Waals surface area contributed by atoms with Crippen LogP contribution in [0.3, 0.4) is 0 Å². The number of methoxy groups -OCH3 is 1. The molecule has 0 amide bonds. The molecule has 0 heterocycles. The van der Waals surface area contributed by atoms with Crippen LogP contribution in [-0.4, -0.2) is 13.7 Å². The number of hydrogen-bond donors (Lipinski definition) is 1. The van der Waals surface area contributed by atoms with Crippen LogP contribution in [0, 0.1) is 6.92 Å². The summed E-state index contributed by atoms with van der Waals surface area (Å²) in [7, 11) is 1.63. The Morgan fingerprint density at radius 2 is 1.67 bits per heavy atom. The molecular weight excluding hydrogens is 398 g/mol. The van der Waals surface area contributed by atoms with E-state index in [4.69, 9.17) is 15.2 Å². The summed E-state index contributed by atoms with van der Waals surface area (Å²) < 4.78 is 13.0. The quantitative estimate of drug-likeness (QED) is 0.762. The summed E-state index contributed by atoms with van der Waals surface area (Å²) in [4.78, 5) is 0. The van der Waals surface area contributed by atoms with E-state index in [1.807, 2.05) is 24.3 Å². The first kappa shape index (κ1) is 16.3. The Labute approximate surface area is 141 Å². The molecule has 0 spiro atoms. The lowest BCUT2D eigenvalue weighted by Gasteiger charge is -2.14. The van der Waals surface area contributed by atoms with Crippen LogP contribution in [0.15, 0.2) is 39.3 Å². The highest BCUT2D eigenvalue weighted by Gasteiger charge is 2.11. The molecule has 2 aromatic rings. The van der Waals surface area contributed by atoms with Gasteiger partial charge >= 0.3 is 0 Å². The van der Waals surface area contributed by atoms with Crippen molar-refractivity contribution in [3.8, 4) is 17.2 Å². The first-order valence-corrected chi connectivity index (χ1v) is 8.14. The maximum absolute atomic E-state index is 6.04. The predicted molar refractivity (Wildman–Crippen MR) is 92.4 cm³/mol. The summed E-state index contributed by atoms with van der Waals surface area (Å²) in [6.07, 6.45) is 0.784. The Balaban J connectivity index is 2.36. The van der Waals surface area contributed by atoms with E-state index in [0.717, 1.165) is 38.2 Å². The molecule has 5 heteroatoms. The number of hydrogen-bond acceptors (Lipinski definition) is 3. The molecule has 0 aliphatic rings. The van der Waals surface area contributed by atoms with Gasteiger partial charge in [-0.3, -0.25) is 0 Å². The minimum atomic E-state index is 0.591. The van der Waals surface area contributed by atoms with Crippen LogP contribution < -0.4 is 15.2 Å². The molecule has 2 rings (SSSR count). The summed E-state index contributed by atoms with van der Waals surface area (Å²) in [5.74, 6) is 2.30. The van der Waals surface area contributed by atoms with E-state index >= 15 is 0 Å². The first-order valence-electron chi connectivity index (χ1n) is 6.55. The van der Waals surface area contributed by atoms with Gasteiger partial charge < -0.3 is 15.2 Å². The van der Waals surface area contributed by atoms with Crippen molar-refractivity contribution in [2.45, 2.75) is 13.3 Å². The first-order chi connectivity index (χ1) is 10.0. The molecule has 21 heavy (non-hydrogen) atoms. The predicted octanol–water partition coefficient (Wildman–Crippen LogP) is 4.82. The van der Waals surface area contributed by atoms with Crippen molar-refractivity contribution < 1.29 is 9.47 Å². The third-order valence-corrected chi connectivity index (χ3v) is 4.30. The largest absolute Gasteiger partial charge is 0.496 e. The van der Waals surface area contributed by atoms with Crippen LogP contribution in [0.4, 0.5) is 0 Å². The second-order valence-electron chi connectivity index (χ2n) is 4.67. The van der Waals surface area contributed by atoms with Gasteiger partial charge in [-0.05, 0) is 75.5 Å². The van der Waals surface area contributed by atoms with Gasteiger partial charge in [-0.25, -0.2) is 0 Å². The van der Waals surface area contributed by atoms with E-state index in [2.05, 4.69) is 44.8 Å². The minimum Gasteiger partial charge on any atom is -0.496 e. The highest BCUT2D eigenvalue weighted by atomic mass is 79.9. The SMILES string of the molecule is COc1cc(Br)c(Oc2ccc(C)cc2CCN)cc1Br. The highest BCUT2D eigenvalue weighted by molar-refractivity contribution is 9.11. The average molecular weight is 415 g/mol. The van der Waals surface area contributed by atoms with Crippen LogP contribution in [-0.2, 0) is 6.42 Å². The summed E-state index contributed by atoms with van der Waals surface area (Å²) in [6, 6.07) is 9.87. The Morgan fingerprint density at radius 3 is 2.33 bits per heavy atom. The zero-order valence-corrected chi connectivity index (χ0v) is 15.1. The molecule has 0 fully saturated rings. The van der Waals surface area contributed by atoms with E-state index in [1.54, 1.807) is 7.11 Å². The van der Waals surface area contributed by atoms with Crippen LogP contribution in [0.2, 0.25) is 0 Å². The lowest BCUT2D eigenvalue weighted by Crippen LogP contribution is -2.04. The fourth-order valence-corrected chi connectivity index (χ4v) is 2.91. The summed E-state index contributed by atoms with van der Waals surface area (Å²) in [6.45, 7) is 2.65. The molecule has 0 aliphatic heterocycles. The molecular formula is C16H17Br2NO2. The van der Waals surface area contributed by atoms with Crippen molar-refractivity contribution in [1.82, 2.24) is 0 Å². The van der Waals surface area contributed by atoms with Crippen LogP contribution in [0.1, 0.15) is 11.1 Å². The number of benzene rings is 2. The van der Waals surface area contributed by atoms with Crippen molar-refractivity contribution >= 4 is 31.9 Å². The van der Waals surface area contributed by atoms with Gasteiger partial charge in [-0.2, -0.15) is 0 Å². The monoisotopic (exact) mass is 413 g/mol. The van der Waals surface area contributed by atoms with Gasteiger partial charge in [0.25, 0.3) is 0 Å². The highest BCUT2D eigenvalue weighted by Crippen LogP contribution is 2.39. The van der Waals surface area contributed by atoms with Crippen molar-refractivity contribution in [3.05, 3.63) is 50.4 Å². The van der Waals surface area contributed by atoms with Gasteiger partial charge in [0.2, 0.25) is 0 Å².